The van der Waals surface area contributed by atoms with Crippen LogP contribution >= 0.6 is 11.6 Å². The first kappa shape index (κ1) is 14.4. The molecule has 21 heavy (non-hydrogen) atoms. The highest BCUT2D eigenvalue weighted by Crippen LogP contribution is 2.23. The Balaban J connectivity index is 1.96. The average molecular weight is 308 g/mol. The van der Waals surface area contributed by atoms with Crippen molar-refractivity contribution in [3.63, 3.8) is 0 Å². The van der Waals surface area contributed by atoms with E-state index in [1.165, 1.54) is 0 Å². The Morgan fingerprint density at radius 3 is 2.95 bits per heavy atom. The van der Waals surface area contributed by atoms with Crippen molar-refractivity contribution in [2.75, 3.05) is 6.61 Å². The van der Waals surface area contributed by atoms with Gasteiger partial charge in [0.2, 0.25) is 0 Å². The quantitative estimate of drug-likeness (QED) is 0.875. The summed E-state index contributed by atoms with van der Waals surface area (Å²) in [6, 6.07) is 5.73. The van der Waals surface area contributed by atoms with Gasteiger partial charge in [0.15, 0.2) is 0 Å². The van der Waals surface area contributed by atoms with Gasteiger partial charge in [0.25, 0.3) is 0 Å². The number of nitrogens with zero attached hydrogens (tertiary/aromatic N) is 3. The van der Waals surface area contributed by atoms with E-state index in [0.717, 1.165) is 24.3 Å². The van der Waals surface area contributed by atoms with Gasteiger partial charge in [0.05, 0.1) is 18.3 Å². The number of aryl methyl sites for hydroxylation is 1. The molecule has 1 aliphatic heterocycles. The second kappa shape index (κ2) is 5.66. The molecule has 0 bridgehead atoms. The maximum absolute atomic E-state index is 12.0. The highest BCUT2D eigenvalue weighted by molar-refractivity contribution is 6.31. The zero-order chi connectivity index (χ0) is 15.0. The number of benzene rings is 1. The predicted octanol–water partition coefficient (Wildman–Crippen LogP) is 2.42. The lowest BCUT2D eigenvalue weighted by atomic mass is 10.0. The normalized spacial score (nSPS) is 21.9. The van der Waals surface area contributed by atoms with Gasteiger partial charge in [-0.15, -0.1) is 0 Å². The summed E-state index contributed by atoms with van der Waals surface area (Å²) in [5.74, 6) is 0.332. The molecule has 5 nitrogen and oxygen atoms in total. The minimum absolute atomic E-state index is 0.168. The molecule has 1 aromatic heterocycles. The summed E-state index contributed by atoms with van der Waals surface area (Å²) in [6.45, 7) is 5.35. The van der Waals surface area contributed by atoms with E-state index in [1.807, 2.05) is 32.0 Å². The lowest BCUT2D eigenvalue weighted by molar-refractivity contribution is 0.0997. The highest BCUT2D eigenvalue weighted by atomic mass is 35.5. The van der Waals surface area contributed by atoms with E-state index in [-0.39, 0.29) is 11.8 Å². The molecule has 6 heteroatoms. The minimum Gasteiger partial charge on any atom is -0.378 e. The average Bonchev–Trinajstić information content (AvgIpc) is 3.02. The fraction of sp³-hybridized carbons (Fsp3) is 0.467. The number of hydrogen-bond donors (Lipinski definition) is 0. The zero-order valence-electron chi connectivity index (χ0n) is 12.1. The molecule has 2 heterocycles. The molecule has 2 atom stereocenters. The van der Waals surface area contributed by atoms with Gasteiger partial charge in [0.1, 0.15) is 6.33 Å². The maximum atomic E-state index is 12.0. The first-order valence-corrected chi connectivity index (χ1v) is 7.46. The van der Waals surface area contributed by atoms with E-state index in [4.69, 9.17) is 16.3 Å². The van der Waals surface area contributed by atoms with Crippen LogP contribution in [0.5, 0.6) is 0 Å². The van der Waals surface area contributed by atoms with Crippen molar-refractivity contribution in [2.24, 2.45) is 5.92 Å². The third-order valence-corrected chi connectivity index (χ3v) is 4.53. The molecule has 0 spiro atoms. The molecule has 0 N–H and O–H groups in total. The Morgan fingerprint density at radius 2 is 2.29 bits per heavy atom. The van der Waals surface area contributed by atoms with Crippen LogP contribution in [0.3, 0.4) is 0 Å². The highest BCUT2D eigenvalue weighted by Gasteiger charge is 2.26. The molecule has 2 aromatic rings. The molecule has 1 saturated heterocycles. The summed E-state index contributed by atoms with van der Waals surface area (Å²) in [5.41, 5.74) is 1.60. The van der Waals surface area contributed by atoms with Crippen LogP contribution in [-0.4, -0.2) is 27.1 Å². The van der Waals surface area contributed by atoms with Gasteiger partial charge in [-0.1, -0.05) is 17.7 Å². The van der Waals surface area contributed by atoms with Crippen LogP contribution in [0.15, 0.2) is 29.3 Å². The summed E-state index contributed by atoms with van der Waals surface area (Å²) in [6.07, 6.45) is 2.68. The molecule has 1 aromatic carbocycles. The Morgan fingerprint density at radius 1 is 1.48 bits per heavy atom. The third kappa shape index (κ3) is 2.76. The number of ether oxygens (including phenoxy) is 1. The largest absolute Gasteiger partial charge is 0.378 e. The third-order valence-electron chi connectivity index (χ3n) is 4.12. The van der Waals surface area contributed by atoms with Crippen LogP contribution < -0.4 is 5.69 Å². The van der Waals surface area contributed by atoms with E-state index >= 15 is 0 Å². The Hall–Kier alpha value is -1.59. The van der Waals surface area contributed by atoms with Crippen molar-refractivity contribution >= 4 is 11.6 Å². The second-order valence-corrected chi connectivity index (χ2v) is 5.92. The SMILES string of the molecule is Cc1ccc(-n2cnc(=O)n2CC2CCOC2C)cc1Cl. The van der Waals surface area contributed by atoms with Crippen LogP contribution in [0, 0.1) is 12.8 Å². The topological polar surface area (TPSA) is 49.0 Å². The van der Waals surface area contributed by atoms with Crippen molar-refractivity contribution in [3.8, 4) is 5.69 Å². The lowest BCUT2D eigenvalue weighted by Crippen LogP contribution is -2.29. The minimum atomic E-state index is -0.245. The van der Waals surface area contributed by atoms with Crippen molar-refractivity contribution in [3.05, 3.63) is 45.6 Å². The first-order chi connectivity index (χ1) is 10.1. The van der Waals surface area contributed by atoms with Gasteiger partial charge >= 0.3 is 5.69 Å². The second-order valence-electron chi connectivity index (χ2n) is 5.51. The van der Waals surface area contributed by atoms with Gasteiger partial charge in [-0.25, -0.2) is 14.2 Å². The van der Waals surface area contributed by atoms with Gasteiger partial charge in [-0.2, -0.15) is 4.98 Å². The standard InChI is InChI=1S/C15H18ClN3O2/c1-10-3-4-13(7-14(10)16)19-9-17-15(20)18(19)8-12-5-6-21-11(12)2/h3-4,7,9,11-12H,5-6,8H2,1-2H3. The van der Waals surface area contributed by atoms with Gasteiger partial charge in [0, 0.05) is 17.5 Å². The monoisotopic (exact) mass is 307 g/mol. The predicted molar refractivity (Wildman–Crippen MR) is 81.1 cm³/mol. The van der Waals surface area contributed by atoms with Crippen LogP contribution in [0.1, 0.15) is 18.9 Å². The van der Waals surface area contributed by atoms with E-state index < -0.39 is 0 Å². The summed E-state index contributed by atoms with van der Waals surface area (Å²) >= 11 is 6.18. The molecule has 0 radical (unpaired) electrons. The van der Waals surface area contributed by atoms with Gasteiger partial charge in [-0.05, 0) is 38.0 Å². The van der Waals surface area contributed by atoms with E-state index in [2.05, 4.69) is 4.98 Å². The van der Waals surface area contributed by atoms with E-state index in [0.29, 0.717) is 17.5 Å². The summed E-state index contributed by atoms with van der Waals surface area (Å²) in [7, 11) is 0. The van der Waals surface area contributed by atoms with Gasteiger partial charge in [-0.3, -0.25) is 0 Å². The van der Waals surface area contributed by atoms with Crippen LogP contribution in [0.4, 0.5) is 0 Å². The Labute approximate surface area is 128 Å². The fourth-order valence-corrected chi connectivity index (χ4v) is 2.83. The lowest BCUT2D eigenvalue weighted by Gasteiger charge is -2.17. The van der Waals surface area contributed by atoms with Crippen LogP contribution in [0.2, 0.25) is 5.02 Å². The van der Waals surface area contributed by atoms with Gasteiger partial charge < -0.3 is 4.74 Å². The number of halogens is 1. The van der Waals surface area contributed by atoms with E-state index in [9.17, 15) is 4.79 Å². The van der Waals surface area contributed by atoms with Crippen molar-refractivity contribution in [1.82, 2.24) is 14.3 Å². The number of hydrogen-bond acceptors (Lipinski definition) is 3. The molecule has 3 rings (SSSR count). The molecule has 0 aliphatic carbocycles. The Kier molecular flexibility index (Phi) is 3.87. The molecule has 1 aliphatic rings. The molecule has 0 amide bonds. The summed E-state index contributed by atoms with van der Waals surface area (Å²) < 4.78 is 8.98. The maximum Gasteiger partial charge on any atom is 0.364 e. The van der Waals surface area contributed by atoms with Crippen LogP contribution in [0.25, 0.3) is 5.69 Å². The molecule has 1 fully saturated rings. The number of rotatable bonds is 3. The zero-order valence-corrected chi connectivity index (χ0v) is 12.9. The molecule has 0 saturated carbocycles. The van der Waals surface area contributed by atoms with Crippen molar-refractivity contribution in [1.29, 1.82) is 0 Å². The number of aromatic nitrogens is 3. The molecular formula is C15H18ClN3O2. The summed E-state index contributed by atoms with van der Waals surface area (Å²) in [5, 5.41) is 0.678. The smallest absolute Gasteiger partial charge is 0.364 e. The molecular weight excluding hydrogens is 290 g/mol. The summed E-state index contributed by atoms with van der Waals surface area (Å²) in [4.78, 5) is 15.9. The first-order valence-electron chi connectivity index (χ1n) is 7.09. The van der Waals surface area contributed by atoms with E-state index in [1.54, 1.807) is 15.7 Å². The molecule has 112 valence electrons. The van der Waals surface area contributed by atoms with Crippen molar-refractivity contribution < 1.29 is 4.74 Å². The fourth-order valence-electron chi connectivity index (χ4n) is 2.66. The molecule has 2 unspecified atom stereocenters. The van der Waals surface area contributed by atoms with Crippen LogP contribution in [-0.2, 0) is 11.3 Å². The van der Waals surface area contributed by atoms with Crippen molar-refractivity contribution in [2.45, 2.75) is 32.9 Å². The Bertz CT molecular complexity index is 707.